The fourth-order valence-corrected chi connectivity index (χ4v) is 6.51. The summed E-state index contributed by atoms with van der Waals surface area (Å²) in [5.74, 6) is -2.36. The first-order valence-electron chi connectivity index (χ1n) is 24.4. The fraction of sp³-hybridized carbons (Fsp3) is 0.750. The maximum Gasteiger partial charge on any atom is 0.306 e. The summed E-state index contributed by atoms with van der Waals surface area (Å²) < 4.78 is 22.5. The van der Waals surface area contributed by atoms with Crippen molar-refractivity contribution in [2.45, 2.75) is 206 Å². The van der Waals surface area contributed by atoms with E-state index >= 15 is 0 Å². The molecule has 0 aromatic rings. The molecular weight excluding hydrogens is 767 g/mol. The zero-order valence-corrected chi connectivity index (χ0v) is 39.8. The van der Waals surface area contributed by atoms with Gasteiger partial charge >= 0.3 is 11.9 Å². The van der Waals surface area contributed by atoms with Crippen LogP contribution in [0, 0.1) is 0 Å². The lowest BCUT2D eigenvalue weighted by molar-refractivity contribution is -0.870. The molecule has 0 fully saturated rings. The molecule has 0 N–H and O–H groups in total. The summed E-state index contributed by atoms with van der Waals surface area (Å²) in [4.78, 5) is 37.1. The molecule has 0 saturated heterocycles. The smallest absolute Gasteiger partial charge is 0.306 e. The predicted molar refractivity (Wildman–Crippen MR) is 251 cm³/mol. The Labute approximate surface area is 374 Å². The molecule has 0 saturated carbocycles. The Morgan fingerprint density at radius 3 is 1.38 bits per heavy atom. The topological polar surface area (TPSA) is 111 Å². The molecule has 0 radical (unpaired) electrons. The number of unbranched alkanes of at least 4 members (excludes halogenated alkanes) is 19. The molecule has 0 heterocycles. The number of carboxylic acid groups (broad SMARTS) is 1. The average molecular weight is 858 g/mol. The number of rotatable bonds is 44. The number of carbonyl (C=O) groups is 3. The number of hydrogen-bond acceptors (Lipinski definition) is 8. The van der Waals surface area contributed by atoms with Crippen LogP contribution in [0.25, 0.3) is 0 Å². The Hall–Kier alpha value is -3.01. The number of hydrogen-bond donors (Lipinski definition) is 0. The van der Waals surface area contributed by atoms with E-state index in [1.165, 1.54) is 103 Å². The number of carbonyl (C=O) groups excluding carboxylic acids is 3. The van der Waals surface area contributed by atoms with Crippen LogP contribution in [0.4, 0.5) is 0 Å². The van der Waals surface area contributed by atoms with E-state index in [-0.39, 0.29) is 38.6 Å². The molecule has 0 spiro atoms. The van der Waals surface area contributed by atoms with E-state index in [4.69, 9.17) is 18.9 Å². The maximum absolute atomic E-state index is 12.8. The van der Waals surface area contributed by atoms with Crippen LogP contribution in [0.15, 0.2) is 60.8 Å². The molecule has 2 unspecified atom stereocenters. The van der Waals surface area contributed by atoms with Gasteiger partial charge in [0.25, 0.3) is 0 Å². The number of carboxylic acids is 1. The molecule has 0 aromatic heterocycles. The van der Waals surface area contributed by atoms with Crippen LogP contribution in [0.5, 0.6) is 0 Å². The predicted octanol–water partition coefficient (Wildman–Crippen LogP) is 12.0. The molecule has 0 amide bonds. The third-order valence-corrected chi connectivity index (χ3v) is 10.3. The molecule has 0 aliphatic carbocycles. The van der Waals surface area contributed by atoms with Crippen LogP contribution in [-0.4, -0.2) is 82.3 Å². The fourth-order valence-electron chi connectivity index (χ4n) is 6.51. The number of aliphatic carboxylic acids is 1. The first kappa shape index (κ1) is 58.0. The molecule has 9 nitrogen and oxygen atoms in total. The maximum atomic E-state index is 12.8. The standard InChI is InChI=1S/C52H91NO8/c1-6-8-10-12-14-16-18-20-22-24-25-27-28-30-32-34-36-38-40-42-49(54)59-46-48(47-60-52(51(56)57)58-45-44-53(3,4)5)61-50(55)43-41-39-37-35-33-31-29-26-23-21-19-17-15-13-11-9-7-2/h9,11,15,17,21,23,29,31,35,37,48,52H,6-8,10,12-14,16,18-20,22,24-28,30,32-34,36,38-47H2,1-5H3/b11-9-,17-15-,23-21-,31-29-,37-35-. The van der Waals surface area contributed by atoms with Crippen LogP contribution < -0.4 is 5.11 Å². The van der Waals surface area contributed by atoms with Crippen molar-refractivity contribution in [2.24, 2.45) is 0 Å². The molecule has 0 rings (SSSR count). The molecular formula is C52H91NO8. The van der Waals surface area contributed by atoms with Crippen LogP contribution in [0.1, 0.15) is 194 Å². The molecule has 0 aromatic carbocycles. The lowest BCUT2D eigenvalue weighted by Gasteiger charge is -2.26. The summed E-state index contributed by atoms with van der Waals surface area (Å²) >= 11 is 0. The largest absolute Gasteiger partial charge is 0.545 e. The van der Waals surface area contributed by atoms with E-state index in [9.17, 15) is 19.5 Å². The van der Waals surface area contributed by atoms with Gasteiger partial charge in [-0.25, -0.2) is 0 Å². The van der Waals surface area contributed by atoms with Gasteiger partial charge in [0.15, 0.2) is 12.4 Å². The van der Waals surface area contributed by atoms with E-state index in [1.807, 2.05) is 27.2 Å². The van der Waals surface area contributed by atoms with Gasteiger partial charge in [-0.2, -0.15) is 0 Å². The zero-order chi connectivity index (χ0) is 44.9. The highest BCUT2D eigenvalue weighted by atomic mass is 16.7. The second kappa shape index (κ2) is 43.6. The quantitative estimate of drug-likeness (QED) is 0.0196. The highest BCUT2D eigenvalue weighted by molar-refractivity contribution is 5.70. The number of quaternary nitrogens is 1. The molecule has 9 heteroatoms. The lowest BCUT2D eigenvalue weighted by Crippen LogP contribution is -2.44. The van der Waals surface area contributed by atoms with Crippen LogP contribution in [0.3, 0.4) is 0 Å². The highest BCUT2D eigenvalue weighted by Crippen LogP contribution is 2.15. The van der Waals surface area contributed by atoms with Gasteiger partial charge in [0.05, 0.1) is 40.3 Å². The van der Waals surface area contributed by atoms with E-state index in [2.05, 4.69) is 68.5 Å². The summed E-state index contributed by atoms with van der Waals surface area (Å²) in [6.45, 7) is 4.57. The van der Waals surface area contributed by atoms with Gasteiger partial charge in [0, 0.05) is 12.8 Å². The molecule has 61 heavy (non-hydrogen) atoms. The summed E-state index contributed by atoms with van der Waals surface area (Å²) in [6, 6.07) is 0. The number of likely N-dealkylation sites (N-methyl/N-ethyl adjacent to an activating group) is 1. The van der Waals surface area contributed by atoms with Crippen molar-refractivity contribution >= 4 is 17.9 Å². The Morgan fingerprint density at radius 2 is 0.934 bits per heavy atom. The minimum absolute atomic E-state index is 0.136. The number of esters is 2. The normalized spacial score (nSPS) is 13.4. The molecule has 0 aliphatic rings. The van der Waals surface area contributed by atoms with Crippen molar-refractivity contribution in [3.8, 4) is 0 Å². The third kappa shape index (κ3) is 44.8. The van der Waals surface area contributed by atoms with E-state index in [0.29, 0.717) is 23.9 Å². The zero-order valence-electron chi connectivity index (χ0n) is 39.8. The third-order valence-electron chi connectivity index (χ3n) is 10.3. The first-order valence-corrected chi connectivity index (χ1v) is 24.4. The number of nitrogens with zero attached hydrogens (tertiary/aromatic N) is 1. The SMILES string of the molecule is CC/C=C\C/C=C\C/C=C\C/C=C\C/C=C\CCCC(=O)OC(COC(=O)CCCCCCCCCCCCCCCCCCCCC)COC(OCC[N+](C)(C)C)C(=O)[O-]. The highest BCUT2D eigenvalue weighted by Gasteiger charge is 2.21. The first-order chi connectivity index (χ1) is 29.6. The van der Waals surface area contributed by atoms with Gasteiger partial charge in [-0.3, -0.25) is 9.59 Å². The van der Waals surface area contributed by atoms with Gasteiger partial charge in [-0.15, -0.1) is 0 Å². The Kier molecular flexibility index (Phi) is 41.5. The van der Waals surface area contributed by atoms with Crippen molar-refractivity contribution in [3.63, 3.8) is 0 Å². The van der Waals surface area contributed by atoms with Gasteiger partial charge in [-0.05, 0) is 51.4 Å². The number of allylic oxidation sites excluding steroid dienone is 10. The lowest BCUT2D eigenvalue weighted by atomic mass is 10.0. The summed E-state index contributed by atoms with van der Waals surface area (Å²) in [5.41, 5.74) is 0. The summed E-state index contributed by atoms with van der Waals surface area (Å²) in [7, 11) is 5.89. The van der Waals surface area contributed by atoms with Crippen molar-refractivity contribution in [3.05, 3.63) is 60.8 Å². The second-order valence-electron chi connectivity index (χ2n) is 17.4. The van der Waals surface area contributed by atoms with Crippen molar-refractivity contribution < 1.29 is 42.9 Å². The molecule has 352 valence electrons. The molecule has 0 aliphatic heterocycles. The number of ether oxygens (including phenoxy) is 4. The second-order valence-corrected chi connectivity index (χ2v) is 17.4. The molecule has 2 atom stereocenters. The van der Waals surface area contributed by atoms with Crippen LogP contribution in [-0.2, 0) is 33.3 Å². The van der Waals surface area contributed by atoms with Crippen LogP contribution in [0.2, 0.25) is 0 Å². The molecule has 0 bridgehead atoms. The average Bonchev–Trinajstić information content (AvgIpc) is 3.22. The van der Waals surface area contributed by atoms with Crippen LogP contribution >= 0.6 is 0 Å². The Balaban J connectivity index is 4.44. The minimum atomic E-state index is -1.64. The Morgan fingerprint density at radius 1 is 0.508 bits per heavy atom. The summed E-state index contributed by atoms with van der Waals surface area (Å²) in [5, 5.41) is 11.7. The van der Waals surface area contributed by atoms with E-state index in [1.54, 1.807) is 0 Å². The summed E-state index contributed by atoms with van der Waals surface area (Å²) in [6.07, 6.45) is 49.8. The van der Waals surface area contributed by atoms with Gasteiger partial charge in [0.2, 0.25) is 0 Å². The van der Waals surface area contributed by atoms with Crippen molar-refractivity contribution in [1.29, 1.82) is 0 Å². The van der Waals surface area contributed by atoms with Gasteiger partial charge < -0.3 is 33.3 Å². The van der Waals surface area contributed by atoms with Gasteiger partial charge in [-0.1, -0.05) is 190 Å². The van der Waals surface area contributed by atoms with Crippen molar-refractivity contribution in [1.82, 2.24) is 0 Å². The van der Waals surface area contributed by atoms with Gasteiger partial charge in [0.1, 0.15) is 13.2 Å². The van der Waals surface area contributed by atoms with E-state index < -0.39 is 24.3 Å². The van der Waals surface area contributed by atoms with Crippen molar-refractivity contribution in [2.75, 3.05) is 47.5 Å². The monoisotopic (exact) mass is 858 g/mol. The van der Waals surface area contributed by atoms with E-state index in [0.717, 1.165) is 51.4 Å². The Bertz CT molecular complexity index is 1180. The minimum Gasteiger partial charge on any atom is -0.545 e.